The molecule has 2 aliphatic heterocycles. The van der Waals surface area contributed by atoms with Gasteiger partial charge in [-0.2, -0.15) is 0 Å². The van der Waals surface area contributed by atoms with E-state index in [4.69, 9.17) is 9.47 Å². The molecule has 1 aliphatic carbocycles. The fraction of sp³-hybridized carbons (Fsp3) is 0.458. The van der Waals surface area contributed by atoms with E-state index in [1.807, 2.05) is 24.3 Å². The highest BCUT2D eigenvalue weighted by molar-refractivity contribution is 7.15. The number of aliphatic hydroxyl groups excluding tert-OH is 1. The summed E-state index contributed by atoms with van der Waals surface area (Å²) in [5, 5.41) is 14.4. The quantitative estimate of drug-likeness (QED) is 0.720. The van der Waals surface area contributed by atoms with Crippen LogP contribution >= 0.6 is 11.3 Å². The maximum absolute atomic E-state index is 13.1. The third-order valence-corrected chi connectivity index (χ3v) is 7.32. The van der Waals surface area contributed by atoms with Crippen LogP contribution in [0.2, 0.25) is 0 Å². The van der Waals surface area contributed by atoms with Crippen LogP contribution in [0.25, 0.3) is 6.08 Å². The first-order chi connectivity index (χ1) is 15.2. The molecular weight excluding hydrogens is 412 g/mol. The van der Waals surface area contributed by atoms with Crippen molar-refractivity contribution in [3.05, 3.63) is 51.2 Å². The number of rotatable bonds is 6. The molecule has 1 fully saturated rings. The van der Waals surface area contributed by atoms with Gasteiger partial charge in [-0.1, -0.05) is 12.1 Å². The molecule has 7 heteroatoms. The number of ether oxygens (including phenoxy) is 2. The first-order valence-electron chi connectivity index (χ1n) is 11.1. The third kappa shape index (κ3) is 4.49. The van der Waals surface area contributed by atoms with Crippen molar-refractivity contribution in [3.8, 4) is 11.5 Å². The third-order valence-electron chi connectivity index (χ3n) is 6.17. The number of thiophene rings is 1. The smallest absolute Gasteiger partial charge is 0.261 e. The summed E-state index contributed by atoms with van der Waals surface area (Å²) in [5.74, 6) is 1.22. The Bertz CT molecular complexity index is 980. The van der Waals surface area contributed by atoms with E-state index in [9.17, 15) is 9.90 Å². The maximum Gasteiger partial charge on any atom is 0.261 e. The molecule has 31 heavy (non-hydrogen) atoms. The van der Waals surface area contributed by atoms with Gasteiger partial charge in [0.25, 0.3) is 5.91 Å². The number of allylic oxidation sites excluding steroid dienone is 1. The number of nitrogens with zero attached hydrogens (tertiary/aromatic N) is 1. The Balaban J connectivity index is 1.36. The van der Waals surface area contributed by atoms with E-state index in [0.29, 0.717) is 36.1 Å². The zero-order chi connectivity index (χ0) is 21.2. The van der Waals surface area contributed by atoms with E-state index >= 15 is 0 Å². The zero-order valence-corrected chi connectivity index (χ0v) is 18.3. The number of likely N-dealkylation sites (tertiary alicyclic amines) is 1. The average molecular weight is 441 g/mol. The Morgan fingerprint density at radius 1 is 1.16 bits per heavy atom. The van der Waals surface area contributed by atoms with Crippen molar-refractivity contribution >= 4 is 23.3 Å². The second-order valence-corrected chi connectivity index (χ2v) is 9.46. The first-order valence-corrected chi connectivity index (χ1v) is 11.9. The van der Waals surface area contributed by atoms with E-state index in [0.717, 1.165) is 44.3 Å². The highest BCUT2D eigenvalue weighted by Crippen LogP contribution is 2.34. The first kappa shape index (κ1) is 20.5. The van der Waals surface area contributed by atoms with Gasteiger partial charge in [-0.25, -0.2) is 0 Å². The number of carbonyl (C=O) groups excluding carboxylic acids is 1. The molecule has 0 bridgehead atoms. The van der Waals surface area contributed by atoms with Gasteiger partial charge in [0.05, 0.1) is 10.9 Å². The summed E-state index contributed by atoms with van der Waals surface area (Å²) in [6, 6.07) is 7.11. The number of amides is 1. The molecule has 0 saturated carbocycles. The molecular formula is C24H28N2O4S. The molecule has 1 saturated heterocycles. The van der Waals surface area contributed by atoms with Crippen LogP contribution in [0.4, 0.5) is 0 Å². The molecule has 5 rings (SSSR count). The molecule has 3 heterocycles. The number of hydrogen-bond donors (Lipinski definition) is 2. The van der Waals surface area contributed by atoms with Crippen LogP contribution in [0.5, 0.6) is 11.5 Å². The van der Waals surface area contributed by atoms with Gasteiger partial charge in [-0.15, -0.1) is 11.3 Å². The Morgan fingerprint density at radius 3 is 2.77 bits per heavy atom. The van der Waals surface area contributed by atoms with Crippen LogP contribution in [0.15, 0.2) is 30.3 Å². The van der Waals surface area contributed by atoms with E-state index in [-0.39, 0.29) is 5.91 Å². The topological polar surface area (TPSA) is 71.0 Å². The van der Waals surface area contributed by atoms with E-state index in [1.165, 1.54) is 21.8 Å². The highest BCUT2D eigenvalue weighted by atomic mass is 32.1. The minimum atomic E-state index is -0.838. The van der Waals surface area contributed by atoms with Crippen LogP contribution in [0, 0.1) is 0 Å². The minimum Gasteiger partial charge on any atom is -0.486 e. The zero-order valence-electron chi connectivity index (χ0n) is 17.5. The van der Waals surface area contributed by atoms with Gasteiger partial charge >= 0.3 is 0 Å². The van der Waals surface area contributed by atoms with Crippen molar-refractivity contribution in [2.75, 3.05) is 32.8 Å². The van der Waals surface area contributed by atoms with E-state index < -0.39 is 12.1 Å². The Kier molecular flexibility index (Phi) is 5.98. The summed E-state index contributed by atoms with van der Waals surface area (Å²) in [6.45, 7) is 3.64. The maximum atomic E-state index is 13.1. The molecule has 1 aromatic carbocycles. The molecule has 3 aliphatic rings. The predicted octanol–water partition coefficient (Wildman–Crippen LogP) is 3.41. The summed E-state index contributed by atoms with van der Waals surface area (Å²) >= 11 is 1.52. The van der Waals surface area contributed by atoms with E-state index in [1.54, 1.807) is 0 Å². The van der Waals surface area contributed by atoms with Gasteiger partial charge in [-0.05, 0) is 74.2 Å². The predicted molar refractivity (Wildman–Crippen MR) is 121 cm³/mol. The van der Waals surface area contributed by atoms with Crippen LogP contribution in [-0.2, 0) is 6.42 Å². The molecule has 6 nitrogen and oxygen atoms in total. The molecule has 1 unspecified atom stereocenters. The Morgan fingerprint density at radius 2 is 1.97 bits per heavy atom. The Labute approximate surface area is 186 Å². The second kappa shape index (κ2) is 9.02. The second-order valence-electron chi connectivity index (χ2n) is 8.38. The van der Waals surface area contributed by atoms with Crippen LogP contribution in [-0.4, -0.2) is 54.8 Å². The largest absolute Gasteiger partial charge is 0.486 e. The van der Waals surface area contributed by atoms with Gasteiger partial charge < -0.3 is 24.8 Å². The molecule has 2 N–H and O–H groups in total. The van der Waals surface area contributed by atoms with Gasteiger partial charge in [-0.3, -0.25) is 4.79 Å². The summed E-state index contributed by atoms with van der Waals surface area (Å²) in [5.41, 5.74) is 1.96. The molecule has 1 aromatic heterocycles. The highest BCUT2D eigenvalue weighted by Gasteiger charge is 2.29. The standard InChI is InChI=1S/C24H28N2O4S/c27-23(17-7-8-19-20(13-17)30-12-11-29-19)18(15-26-9-3-4-10-26)25-24(28)22-14-16-5-1-2-6-21(16)31-22/h2,6-8,13-14,18,23,27H,1,3-5,9-12,15H2,(H,25,28)/t18?,23-/m1/s1. The van der Waals surface area contributed by atoms with Gasteiger partial charge in [0, 0.05) is 11.4 Å². The van der Waals surface area contributed by atoms with E-state index in [2.05, 4.69) is 22.4 Å². The van der Waals surface area contributed by atoms with Crippen LogP contribution < -0.4 is 14.8 Å². The number of benzene rings is 1. The normalized spacial score (nSPS) is 19.6. The van der Waals surface area contributed by atoms with Gasteiger partial charge in [0.15, 0.2) is 11.5 Å². The van der Waals surface area contributed by atoms with Crippen LogP contribution in [0.1, 0.15) is 51.0 Å². The molecule has 164 valence electrons. The molecule has 1 amide bonds. The molecule has 0 radical (unpaired) electrons. The molecule has 2 aromatic rings. The van der Waals surface area contributed by atoms with Crippen molar-refractivity contribution in [2.45, 2.75) is 37.8 Å². The summed E-state index contributed by atoms with van der Waals surface area (Å²) in [4.78, 5) is 17.3. The number of carbonyl (C=O) groups is 1. The van der Waals surface area contributed by atoms with Crippen molar-refractivity contribution in [1.29, 1.82) is 0 Å². The molecule has 2 atom stereocenters. The lowest BCUT2D eigenvalue weighted by Gasteiger charge is -2.29. The summed E-state index contributed by atoms with van der Waals surface area (Å²) in [7, 11) is 0. The number of hydrogen-bond acceptors (Lipinski definition) is 6. The average Bonchev–Trinajstić information content (AvgIpc) is 3.47. The lowest BCUT2D eigenvalue weighted by atomic mass is 10.0. The lowest BCUT2D eigenvalue weighted by molar-refractivity contribution is 0.0774. The molecule has 0 spiro atoms. The minimum absolute atomic E-state index is 0.117. The summed E-state index contributed by atoms with van der Waals surface area (Å²) < 4.78 is 11.3. The summed E-state index contributed by atoms with van der Waals surface area (Å²) in [6.07, 6.45) is 7.73. The number of fused-ring (bicyclic) bond motifs is 2. The number of aliphatic hydroxyl groups is 1. The van der Waals surface area contributed by atoms with Crippen molar-refractivity contribution < 1.29 is 19.4 Å². The number of nitrogens with one attached hydrogen (secondary N) is 1. The lowest BCUT2D eigenvalue weighted by Crippen LogP contribution is -2.46. The monoisotopic (exact) mass is 440 g/mol. The van der Waals surface area contributed by atoms with Crippen molar-refractivity contribution in [3.63, 3.8) is 0 Å². The Hall–Kier alpha value is -2.35. The number of aryl methyl sites for hydroxylation is 1. The van der Waals surface area contributed by atoms with Gasteiger partial charge in [0.1, 0.15) is 19.3 Å². The van der Waals surface area contributed by atoms with Gasteiger partial charge in [0.2, 0.25) is 0 Å². The fourth-order valence-corrected chi connectivity index (χ4v) is 5.55. The van der Waals surface area contributed by atoms with Crippen molar-refractivity contribution in [2.24, 2.45) is 0 Å². The van der Waals surface area contributed by atoms with Crippen molar-refractivity contribution in [1.82, 2.24) is 10.2 Å². The van der Waals surface area contributed by atoms with Crippen LogP contribution in [0.3, 0.4) is 0 Å². The SMILES string of the molecule is O=C(NC(CN1CCCC1)[C@H](O)c1ccc2c(c1)OCCO2)c1cc2c(s1)C=CCC2. The fourth-order valence-electron chi connectivity index (χ4n) is 4.50.